The van der Waals surface area contributed by atoms with Gasteiger partial charge in [-0.2, -0.15) is 0 Å². The van der Waals surface area contributed by atoms with Crippen LogP contribution in [0, 0.1) is 0 Å². The van der Waals surface area contributed by atoms with E-state index in [1.165, 1.54) is 4.90 Å². The van der Waals surface area contributed by atoms with Crippen LogP contribution in [0.15, 0.2) is 24.3 Å². The number of benzene rings is 1. The summed E-state index contributed by atoms with van der Waals surface area (Å²) in [5.41, 5.74) is -0.597. The van der Waals surface area contributed by atoms with E-state index in [4.69, 9.17) is 9.47 Å². The highest BCUT2D eigenvalue weighted by Gasteiger charge is 2.26. The molecule has 1 N–H and O–H groups in total. The van der Waals surface area contributed by atoms with Crippen LogP contribution in [-0.2, 0) is 4.79 Å². The molecule has 0 aliphatic heterocycles. The molecule has 0 unspecified atom stereocenters. The number of carbonyl (C=O) groups excluding carboxylic acids is 1. The minimum atomic E-state index is -0.597. The average molecular weight is 267 g/mol. The molecule has 0 bridgehead atoms. The number of amides is 1. The van der Waals surface area contributed by atoms with Crippen LogP contribution in [0.4, 0.5) is 0 Å². The molecule has 0 aliphatic rings. The van der Waals surface area contributed by atoms with E-state index >= 15 is 0 Å². The van der Waals surface area contributed by atoms with E-state index in [2.05, 4.69) is 0 Å². The number of aliphatic hydroxyl groups is 1. The van der Waals surface area contributed by atoms with Gasteiger partial charge in [-0.05, 0) is 38.1 Å². The number of carbonyl (C=O) groups is 1. The molecule has 0 fully saturated rings. The highest BCUT2D eigenvalue weighted by atomic mass is 16.5. The first-order valence-electron chi connectivity index (χ1n) is 6.05. The first kappa shape index (κ1) is 15.3. The minimum Gasteiger partial charge on any atom is -0.497 e. The third-order valence-electron chi connectivity index (χ3n) is 3.09. The third-order valence-corrected chi connectivity index (χ3v) is 3.09. The molecule has 106 valence electrons. The van der Waals surface area contributed by atoms with Gasteiger partial charge in [0.15, 0.2) is 6.61 Å². The van der Waals surface area contributed by atoms with Crippen LogP contribution in [0.5, 0.6) is 11.5 Å². The molecule has 1 aromatic rings. The largest absolute Gasteiger partial charge is 0.497 e. The quantitative estimate of drug-likeness (QED) is 0.844. The van der Waals surface area contributed by atoms with Crippen molar-refractivity contribution in [3.63, 3.8) is 0 Å². The Morgan fingerprint density at radius 3 is 2.26 bits per heavy atom. The van der Waals surface area contributed by atoms with Gasteiger partial charge in [-0.3, -0.25) is 4.79 Å². The van der Waals surface area contributed by atoms with Gasteiger partial charge in [0.25, 0.3) is 5.91 Å². The molecule has 1 aromatic carbocycles. The summed E-state index contributed by atoms with van der Waals surface area (Å²) < 4.78 is 10.4. The maximum absolute atomic E-state index is 11.9. The molecule has 0 atom stereocenters. The maximum atomic E-state index is 11.9. The molecular weight excluding hydrogens is 246 g/mol. The van der Waals surface area contributed by atoms with Crippen molar-refractivity contribution in [2.75, 3.05) is 27.4 Å². The van der Waals surface area contributed by atoms with Gasteiger partial charge >= 0.3 is 0 Å². The lowest BCUT2D eigenvalue weighted by atomic mass is 10.1. The molecule has 5 nitrogen and oxygen atoms in total. The Kier molecular flexibility index (Phi) is 5.18. The van der Waals surface area contributed by atoms with Crippen molar-refractivity contribution in [2.24, 2.45) is 0 Å². The summed E-state index contributed by atoms with van der Waals surface area (Å²) in [6.07, 6.45) is 0. The molecule has 19 heavy (non-hydrogen) atoms. The summed E-state index contributed by atoms with van der Waals surface area (Å²) in [5.74, 6) is 1.15. The van der Waals surface area contributed by atoms with Gasteiger partial charge in [-0.1, -0.05) is 0 Å². The fourth-order valence-corrected chi connectivity index (χ4v) is 1.36. The van der Waals surface area contributed by atoms with Crippen molar-refractivity contribution in [3.05, 3.63) is 24.3 Å². The minimum absolute atomic E-state index is 0.0632. The normalized spacial score (nSPS) is 11.0. The van der Waals surface area contributed by atoms with E-state index in [1.807, 2.05) is 0 Å². The van der Waals surface area contributed by atoms with E-state index in [-0.39, 0.29) is 19.1 Å². The van der Waals surface area contributed by atoms with Crippen LogP contribution >= 0.6 is 0 Å². The first-order valence-corrected chi connectivity index (χ1v) is 6.05. The number of aliphatic hydroxyl groups excluding tert-OH is 1. The average Bonchev–Trinajstić information content (AvgIpc) is 2.44. The van der Waals surface area contributed by atoms with Crippen molar-refractivity contribution in [1.82, 2.24) is 4.90 Å². The summed E-state index contributed by atoms with van der Waals surface area (Å²) >= 11 is 0. The molecule has 0 saturated carbocycles. The molecule has 1 rings (SSSR count). The van der Waals surface area contributed by atoms with Crippen molar-refractivity contribution in [1.29, 1.82) is 0 Å². The van der Waals surface area contributed by atoms with Gasteiger partial charge < -0.3 is 19.5 Å². The number of hydrogen-bond acceptors (Lipinski definition) is 4. The van der Waals surface area contributed by atoms with Crippen molar-refractivity contribution in [2.45, 2.75) is 19.4 Å². The lowest BCUT2D eigenvalue weighted by Gasteiger charge is -2.33. The Labute approximate surface area is 113 Å². The van der Waals surface area contributed by atoms with Crippen molar-refractivity contribution < 1.29 is 19.4 Å². The number of hydrogen-bond donors (Lipinski definition) is 1. The summed E-state index contributed by atoms with van der Waals surface area (Å²) in [6, 6.07) is 7.01. The predicted molar refractivity (Wildman–Crippen MR) is 72.4 cm³/mol. The third kappa shape index (κ3) is 4.13. The van der Waals surface area contributed by atoms with E-state index in [1.54, 1.807) is 52.3 Å². The van der Waals surface area contributed by atoms with Crippen LogP contribution in [0.1, 0.15) is 13.8 Å². The summed E-state index contributed by atoms with van der Waals surface area (Å²) in [5, 5.41) is 9.21. The summed E-state index contributed by atoms with van der Waals surface area (Å²) in [4.78, 5) is 13.4. The van der Waals surface area contributed by atoms with Crippen molar-refractivity contribution in [3.8, 4) is 11.5 Å². The van der Waals surface area contributed by atoms with Crippen LogP contribution < -0.4 is 9.47 Å². The predicted octanol–water partition coefficient (Wildman–Crippen LogP) is 1.30. The van der Waals surface area contributed by atoms with E-state index in [0.29, 0.717) is 5.75 Å². The monoisotopic (exact) mass is 267 g/mol. The molecular formula is C14H21NO4. The van der Waals surface area contributed by atoms with Gasteiger partial charge in [0.1, 0.15) is 11.5 Å². The maximum Gasteiger partial charge on any atom is 0.260 e. The molecule has 0 spiro atoms. The molecule has 0 heterocycles. The number of ether oxygens (including phenoxy) is 2. The van der Waals surface area contributed by atoms with Crippen molar-refractivity contribution >= 4 is 5.91 Å². The Hall–Kier alpha value is -1.75. The van der Waals surface area contributed by atoms with E-state index in [9.17, 15) is 9.90 Å². The zero-order valence-electron chi connectivity index (χ0n) is 11.8. The van der Waals surface area contributed by atoms with E-state index in [0.717, 1.165) is 5.75 Å². The standard InChI is InChI=1S/C14H21NO4/c1-14(2,10-16)15(3)13(17)9-19-12-7-5-11(18-4)6-8-12/h5-8,16H,9-10H2,1-4H3. The van der Waals surface area contributed by atoms with Gasteiger partial charge in [0, 0.05) is 7.05 Å². The first-order chi connectivity index (χ1) is 8.90. The number of likely N-dealkylation sites (N-methyl/N-ethyl adjacent to an activating group) is 1. The van der Waals surface area contributed by atoms with Crippen LogP contribution in [-0.4, -0.2) is 48.8 Å². The second-order valence-electron chi connectivity index (χ2n) is 4.89. The number of nitrogens with zero attached hydrogens (tertiary/aromatic N) is 1. The second kappa shape index (κ2) is 6.43. The van der Waals surface area contributed by atoms with Crippen LogP contribution in [0.2, 0.25) is 0 Å². The molecule has 0 radical (unpaired) electrons. The molecule has 0 aromatic heterocycles. The molecule has 0 saturated heterocycles. The van der Waals surface area contributed by atoms with Gasteiger partial charge in [0.2, 0.25) is 0 Å². The SMILES string of the molecule is COc1ccc(OCC(=O)N(C)C(C)(C)CO)cc1. The second-order valence-corrected chi connectivity index (χ2v) is 4.89. The molecule has 5 heteroatoms. The number of rotatable bonds is 6. The highest BCUT2D eigenvalue weighted by molar-refractivity contribution is 5.78. The zero-order valence-corrected chi connectivity index (χ0v) is 11.8. The zero-order chi connectivity index (χ0) is 14.5. The number of methoxy groups -OCH3 is 1. The topological polar surface area (TPSA) is 59.0 Å². The van der Waals surface area contributed by atoms with Crippen LogP contribution in [0.25, 0.3) is 0 Å². The Morgan fingerprint density at radius 1 is 1.26 bits per heavy atom. The fraction of sp³-hybridized carbons (Fsp3) is 0.500. The van der Waals surface area contributed by atoms with E-state index < -0.39 is 5.54 Å². The van der Waals surface area contributed by atoms with Gasteiger partial charge in [-0.15, -0.1) is 0 Å². The van der Waals surface area contributed by atoms with Gasteiger partial charge in [0.05, 0.1) is 19.3 Å². The Morgan fingerprint density at radius 2 is 1.79 bits per heavy atom. The Balaban J connectivity index is 2.54. The Bertz CT molecular complexity index is 414. The summed E-state index contributed by atoms with van der Waals surface area (Å²) in [7, 11) is 3.24. The fourth-order valence-electron chi connectivity index (χ4n) is 1.36. The molecule has 0 aliphatic carbocycles. The van der Waals surface area contributed by atoms with Crippen LogP contribution in [0.3, 0.4) is 0 Å². The lowest BCUT2D eigenvalue weighted by molar-refractivity contribution is -0.138. The summed E-state index contributed by atoms with van der Waals surface area (Å²) in [6.45, 7) is 3.42. The lowest BCUT2D eigenvalue weighted by Crippen LogP contribution is -2.49. The highest BCUT2D eigenvalue weighted by Crippen LogP contribution is 2.17. The molecule has 1 amide bonds. The van der Waals surface area contributed by atoms with Gasteiger partial charge in [-0.25, -0.2) is 0 Å². The smallest absolute Gasteiger partial charge is 0.260 e.